The number of hydrogen-bond acceptors (Lipinski definition) is 5. The standard InChI is InChI=1S/C21H16ClNO4S/c1-3-10-27-17-9-8-14(11-18(17)26-2)12-19-20(24)23(21(25)28-19)13-15-6-4-5-7-16(15)22/h1,4-9,11-12H,10,13H2,2H3/b19-12-. The first-order chi connectivity index (χ1) is 13.5. The molecule has 142 valence electrons. The lowest BCUT2D eigenvalue weighted by atomic mass is 10.1. The van der Waals surface area contributed by atoms with Crippen molar-refractivity contribution in [2.45, 2.75) is 6.54 Å². The van der Waals surface area contributed by atoms with E-state index in [1.54, 1.807) is 42.5 Å². The molecule has 0 aromatic heterocycles. The predicted molar refractivity (Wildman–Crippen MR) is 110 cm³/mol. The second-order valence-electron chi connectivity index (χ2n) is 5.76. The van der Waals surface area contributed by atoms with E-state index in [-0.39, 0.29) is 24.3 Å². The van der Waals surface area contributed by atoms with Gasteiger partial charge < -0.3 is 9.47 Å². The van der Waals surface area contributed by atoms with E-state index >= 15 is 0 Å². The Labute approximate surface area is 172 Å². The van der Waals surface area contributed by atoms with E-state index in [2.05, 4.69) is 5.92 Å². The molecule has 1 heterocycles. The highest BCUT2D eigenvalue weighted by atomic mass is 35.5. The molecule has 3 rings (SSSR count). The molecule has 0 saturated carbocycles. The van der Waals surface area contributed by atoms with Gasteiger partial charge in [-0.25, -0.2) is 0 Å². The summed E-state index contributed by atoms with van der Waals surface area (Å²) in [5, 5.41) is 0.176. The molecule has 1 aliphatic heterocycles. The second-order valence-corrected chi connectivity index (χ2v) is 7.16. The van der Waals surface area contributed by atoms with Crippen LogP contribution in [0.1, 0.15) is 11.1 Å². The van der Waals surface area contributed by atoms with Crippen LogP contribution in [0.15, 0.2) is 47.4 Å². The van der Waals surface area contributed by atoms with Crippen LogP contribution in [-0.2, 0) is 11.3 Å². The van der Waals surface area contributed by atoms with E-state index in [0.717, 1.165) is 11.8 Å². The molecule has 0 atom stereocenters. The van der Waals surface area contributed by atoms with Crippen LogP contribution < -0.4 is 9.47 Å². The predicted octanol–water partition coefficient (Wildman–Crippen LogP) is 4.60. The Morgan fingerprint density at radius 3 is 2.71 bits per heavy atom. The van der Waals surface area contributed by atoms with Crippen molar-refractivity contribution in [3.63, 3.8) is 0 Å². The summed E-state index contributed by atoms with van der Waals surface area (Å²) < 4.78 is 10.7. The summed E-state index contributed by atoms with van der Waals surface area (Å²) in [4.78, 5) is 26.5. The number of benzene rings is 2. The first-order valence-electron chi connectivity index (χ1n) is 8.26. The fraction of sp³-hybridized carbons (Fsp3) is 0.143. The second kappa shape index (κ2) is 8.87. The largest absolute Gasteiger partial charge is 0.493 e. The van der Waals surface area contributed by atoms with E-state index in [1.807, 2.05) is 6.07 Å². The SMILES string of the molecule is C#CCOc1ccc(/C=C2\SC(=O)N(Cc3ccccc3Cl)C2=O)cc1OC. The lowest BCUT2D eigenvalue weighted by Gasteiger charge is -2.13. The van der Waals surface area contributed by atoms with Crippen LogP contribution >= 0.6 is 23.4 Å². The van der Waals surface area contributed by atoms with E-state index in [1.165, 1.54) is 12.0 Å². The highest BCUT2D eigenvalue weighted by molar-refractivity contribution is 8.18. The van der Waals surface area contributed by atoms with Crippen LogP contribution in [0.3, 0.4) is 0 Å². The molecule has 5 nitrogen and oxygen atoms in total. The van der Waals surface area contributed by atoms with Crippen LogP contribution in [-0.4, -0.2) is 29.8 Å². The Bertz CT molecular complexity index is 996. The Kier molecular flexibility index (Phi) is 6.30. The molecule has 2 amide bonds. The zero-order valence-electron chi connectivity index (χ0n) is 15.0. The summed E-state index contributed by atoms with van der Waals surface area (Å²) in [7, 11) is 1.51. The minimum absolute atomic E-state index is 0.122. The Morgan fingerprint density at radius 2 is 2.00 bits per heavy atom. The molecule has 0 radical (unpaired) electrons. The van der Waals surface area contributed by atoms with Gasteiger partial charge in [0.15, 0.2) is 11.5 Å². The van der Waals surface area contributed by atoms with E-state index < -0.39 is 0 Å². The number of amides is 2. The van der Waals surface area contributed by atoms with Gasteiger partial charge in [-0.3, -0.25) is 14.5 Å². The summed E-state index contributed by atoms with van der Waals surface area (Å²) in [6, 6.07) is 12.3. The first-order valence-corrected chi connectivity index (χ1v) is 9.46. The van der Waals surface area contributed by atoms with Crippen molar-refractivity contribution in [1.82, 2.24) is 4.90 Å². The third kappa shape index (κ3) is 4.33. The number of methoxy groups -OCH3 is 1. The monoisotopic (exact) mass is 413 g/mol. The lowest BCUT2D eigenvalue weighted by molar-refractivity contribution is -0.123. The number of rotatable bonds is 6. The molecule has 1 fully saturated rings. The molecule has 0 unspecified atom stereocenters. The van der Waals surface area contributed by atoms with E-state index in [0.29, 0.717) is 32.6 Å². The number of carbonyl (C=O) groups is 2. The smallest absolute Gasteiger partial charge is 0.293 e. The van der Waals surface area contributed by atoms with Crippen molar-refractivity contribution in [2.24, 2.45) is 0 Å². The van der Waals surface area contributed by atoms with Gasteiger partial charge in [0.05, 0.1) is 18.6 Å². The minimum atomic E-state index is -0.360. The zero-order chi connectivity index (χ0) is 20.1. The maximum atomic E-state index is 12.7. The molecular formula is C21H16ClNO4S. The normalized spacial score (nSPS) is 15.0. The van der Waals surface area contributed by atoms with Gasteiger partial charge in [-0.2, -0.15) is 0 Å². The van der Waals surface area contributed by atoms with Crippen molar-refractivity contribution in [1.29, 1.82) is 0 Å². The number of halogens is 1. The Balaban J connectivity index is 1.81. The van der Waals surface area contributed by atoms with Crippen LogP contribution in [0.2, 0.25) is 5.02 Å². The Hall–Kier alpha value is -2.88. The molecule has 0 N–H and O–H groups in total. The minimum Gasteiger partial charge on any atom is -0.493 e. The molecule has 0 bridgehead atoms. The van der Waals surface area contributed by atoms with E-state index in [4.69, 9.17) is 27.5 Å². The highest BCUT2D eigenvalue weighted by Crippen LogP contribution is 2.35. The molecule has 0 spiro atoms. The molecule has 1 saturated heterocycles. The average molecular weight is 414 g/mol. The van der Waals surface area contributed by atoms with Gasteiger partial charge >= 0.3 is 0 Å². The quantitative estimate of drug-likeness (QED) is 0.511. The van der Waals surface area contributed by atoms with Gasteiger partial charge in [-0.15, -0.1) is 6.42 Å². The van der Waals surface area contributed by atoms with Crippen molar-refractivity contribution >= 4 is 40.6 Å². The zero-order valence-corrected chi connectivity index (χ0v) is 16.5. The summed E-state index contributed by atoms with van der Waals surface area (Å²) in [6.45, 7) is 0.251. The molecule has 2 aromatic carbocycles. The number of terminal acetylenes is 1. The first kappa shape index (κ1) is 19.9. The summed E-state index contributed by atoms with van der Waals surface area (Å²) in [6.07, 6.45) is 6.85. The third-order valence-corrected chi connectivity index (χ3v) is 5.23. The fourth-order valence-corrected chi connectivity index (χ4v) is 3.63. The number of hydrogen-bond donors (Lipinski definition) is 0. The molecule has 2 aromatic rings. The third-order valence-electron chi connectivity index (χ3n) is 3.96. The van der Waals surface area contributed by atoms with Gasteiger partial charge in [0.1, 0.15) is 6.61 Å². The van der Waals surface area contributed by atoms with Crippen LogP contribution in [0, 0.1) is 12.3 Å². The van der Waals surface area contributed by atoms with Crippen LogP contribution in [0.5, 0.6) is 11.5 Å². The Morgan fingerprint density at radius 1 is 1.21 bits per heavy atom. The summed E-state index contributed by atoms with van der Waals surface area (Å²) in [5.41, 5.74) is 1.41. The topological polar surface area (TPSA) is 55.8 Å². The van der Waals surface area contributed by atoms with Crippen molar-refractivity contribution < 1.29 is 19.1 Å². The van der Waals surface area contributed by atoms with Crippen molar-refractivity contribution in [3.05, 3.63) is 63.5 Å². The van der Waals surface area contributed by atoms with Gasteiger partial charge in [-0.1, -0.05) is 41.8 Å². The summed E-state index contributed by atoms with van der Waals surface area (Å²) >= 11 is 7.03. The number of thioether (sulfide) groups is 1. The highest BCUT2D eigenvalue weighted by Gasteiger charge is 2.35. The molecular weight excluding hydrogens is 398 g/mol. The van der Waals surface area contributed by atoms with Gasteiger partial charge in [-0.05, 0) is 47.2 Å². The fourth-order valence-electron chi connectivity index (χ4n) is 2.60. The number of ether oxygens (including phenoxy) is 2. The molecule has 0 aliphatic carbocycles. The maximum absolute atomic E-state index is 12.7. The van der Waals surface area contributed by atoms with Crippen LogP contribution in [0.25, 0.3) is 6.08 Å². The lowest BCUT2D eigenvalue weighted by Crippen LogP contribution is -2.27. The van der Waals surface area contributed by atoms with Gasteiger partial charge in [0, 0.05) is 5.02 Å². The maximum Gasteiger partial charge on any atom is 0.293 e. The van der Waals surface area contributed by atoms with E-state index in [9.17, 15) is 9.59 Å². The summed E-state index contributed by atoms with van der Waals surface area (Å²) in [5.74, 6) is 3.02. The van der Waals surface area contributed by atoms with Crippen LogP contribution in [0.4, 0.5) is 4.79 Å². The number of carbonyl (C=O) groups excluding carboxylic acids is 2. The van der Waals surface area contributed by atoms with Gasteiger partial charge in [0.25, 0.3) is 11.1 Å². The molecule has 1 aliphatic rings. The average Bonchev–Trinajstić information content (AvgIpc) is 2.95. The van der Waals surface area contributed by atoms with Gasteiger partial charge in [0.2, 0.25) is 0 Å². The molecule has 7 heteroatoms. The van der Waals surface area contributed by atoms with Crippen molar-refractivity contribution in [2.75, 3.05) is 13.7 Å². The molecule has 28 heavy (non-hydrogen) atoms. The van der Waals surface area contributed by atoms with Crippen molar-refractivity contribution in [3.8, 4) is 23.8 Å². The number of nitrogens with zero attached hydrogens (tertiary/aromatic N) is 1. The number of imide groups is 1.